The van der Waals surface area contributed by atoms with Gasteiger partial charge in [-0.15, -0.1) is 0 Å². The number of hydrazine groups is 1. The maximum absolute atomic E-state index is 13.1. The Morgan fingerprint density at radius 2 is 1.85 bits per heavy atom. The Balaban J connectivity index is 1.19. The molecule has 8 heteroatoms. The highest BCUT2D eigenvalue weighted by atomic mass is 16.5. The van der Waals surface area contributed by atoms with Crippen molar-refractivity contribution < 1.29 is 9.53 Å². The molecule has 0 aromatic carbocycles. The maximum atomic E-state index is 13.1. The van der Waals surface area contributed by atoms with Gasteiger partial charge in [0.2, 0.25) is 5.91 Å². The van der Waals surface area contributed by atoms with Crippen molar-refractivity contribution in [3.8, 4) is 0 Å². The molecule has 2 saturated heterocycles. The standard InChI is InChI=1S/C25H48N6O2/c1-17(19-6-5-9-22(15-19)33-3)28-25(32)20-7-4-8-21(14-20)27-16-23-29-30-24(31(23)2)18-10-12-26-13-11-18/h17-24,26-27,29-30H,4-16H2,1-3H3,(H,28,32)/t17-,19?,20?,21?,22?,23?,24?/m1/s1. The summed E-state index contributed by atoms with van der Waals surface area (Å²) in [7, 11) is 4.04. The molecule has 4 rings (SSSR count). The van der Waals surface area contributed by atoms with Crippen LogP contribution in [0.15, 0.2) is 0 Å². The molecule has 5 N–H and O–H groups in total. The van der Waals surface area contributed by atoms with Crippen LogP contribution >= 0.6 is 0 Å². The van der Waals surface area contributed by atoms with E-state index in [2.05, 4.69) is 45.7 Å². The second-order valence-corrected chi connectivity index (χ2v) is 11.1. The number of amides is 1. The predicted octanol–water partition coefficient (Wildman–Crippen LogP) is 1.54. The Morgan fingerprint density at radius 3 is 2.64 bits per heavy atom. The molecule has 2 aliphatic carbocycles. The average molecular weight is 465 g/mol. The molecule has 190 valence electrons. The van der Waals surface area contributed by atoms with Gasteiger partial charge in [-0.2, -0.15) is 0 Å². The summed E-state index contributed by atoms with van der Waals surface area (Å²) in [4.78, 5) is 15.5. The lowest BCUT2D eigenvalue weighted by Crippen LogP contribution is -2.50. The molecular formula is C25H48N6O2. The highest BCUT2D eigenvalue weighted by Crippen LogP contribution is 2.30. The van der Waals surface area contributed by atoms with E-state index in [0.29, 0.717) is 36.3 Å². The number of carbonyl (C=O) groups excluding carboxylic acids is 1. The van der Waals surface area contributed by atoms with Crippen molar-refractivity contribution in [3.63, 3.8) is 0 Å². The van der Waals surface area contributed by atoms with Crippen LogP contribution in [-0.4, -0.2) is 75.1 Å². The first kappa shape index (κ1) is 25.3. The molecule has 33 heavy (non-hydrogen) atoms. The van der Waals surface area contributed by atoms with Gasteiger partial charge in [0.1, 0.15) is 0 Å². The van der Waals surface area contributed by atoms with E-state index < -0.39 is 0 Å². The number of ether oxygens (including phenoxy) is 1. The molecule has 2 heterocycles. The molecule has 0 aromatic rings. The van der Waals surface area contributed by atoms with E-state index >= 15 is 0 Å². The Labute approximate surface area is 200 Å². The van der Waals surface area contributed by atoms with Gasteiger partial charge in [0.05, 0.1) is 18.4 Å². The first-order valence-electron chi connectivity index (χ1n) is 13.6. The lowest BCUT2D eigenvalue weighted by atomic mass is 9.81. The van der Waals surface area contributed by atoms with Crippen molar-refractivity contribution in [3.05, 3.63) is 0 Å². The minimum atomic E-state index is 0.135. The van der Waals surface area contributed by atoms with Gasteiger partial charge >= 0.3 is 0 Å². The summed E-state index contributed by atoms with van der Waals surface area (Å²) < 4.78 is 5.59. The second kappa shape index (κ2) is 12.3. The predicted molar refractivity (Wildman–Crippen MR) is 131 cm³/mol. The van der Waals surface area contributed by atoms with Gasteiger partial charge in [0, 0.05) is 31.7 Å². The van der Waals surface area contributed by atoms with Crippen LogP contribution in [0.3, 0.4) is 0 Å². The number of nitrogens with zero attached hydrogens (tertiary/aromatic N) is 1. The minimum Gasteiger partial charge on any atom is -0.381 e. The van der Waals surface area contributed by atoms with Crippen molar-refractivity contribution in [1.29, 1.82) is 0 Å². The van der Waals surface area contributed by atoms with Crippen molar-refractivity contribution >= 4 is 5.91 Å². The molecule has 7 atom stereocenters. The largest absolute Gasteiger partial charge is 0.381 e. The van der Waals surface area contributed by atoms with Gasteiger partial charge in [0.25, 0.3) is 0 Å². The van der Waals surface area contributed by atoms with Crippen molar-refractivity contribution in [2.45, 2.75) is 102 Å². The molecule has 8 nitrogen and oxygen atoms in total. The number of rotatable bonds is 8. The molecule has 2 aliphatic heterocycles. The van der Waals surface area contributed by atoms with E-state index in [9.17, 15) is 4.79 Å². The third-order valence-corrected chi connectivity index (χ3v) is 8.88. The fourth-order valence-corrected chi connectivity index (χ4v) is 6.59. The summed E-state index contributed by atoms with van der Waals surface area (Å²) in [5, 5.41) is 10.6. The van der Waals surface area contributed by atoms with Crippen molar-refractivity contribution in [2.75, 3.05) is 33.8 Å². The van der Waals surface area contributed by atoms with Crippen LogP contribution in [0.2, 0.25) is 0 Å². The summed E-state index contributed by atoms with van der Waals surface area (Å²) in [5.41, 5.74) is 7.04. The Morgan fingerprint density at radius 1 is 1.06 bits per heavy atom. The van der Waals surface area contributed by atoms with Gasteiger partial charge in [0.15, 0.2) is 0 Å². The molecule has 6 unspecified atom stereocenters. The lowest BCUT2D eigenvalue weighted by molar-refractivity contribution is -0.127. The number of carbonyl (C=O) groups is 1. The number of hydrogen-bond acceptors (Lipinski definition) is 7. The lowest BCUT2D eigenvalue weighted by Gasteiger charge is -2.35. The first-order chi connectivity index (χ1) is 16.0. The van der Waals surface area contributed by atoms with Gasteiger partial charge < -0.3 is 20.7 Å². The van der Waals surface area contributed by atoms with Crippen LogP contribution in [0.5, 0.6) is 0 Å². The quantitative estimate of drug-likeness (QED) is 0.372. The van der Waals surface area contributed by atoms with Crippen LogP contribution in [0.1, 0.15) is 71.1 Å². The zero-order valence-electron chi connectivity index (χ0n) is 21.1. The Hall–Kier alpha value is -0.770. The SMILES string of the molecule is COC1CCCC([C@@H](C)NC(=O)C2CCCC(NCC3NNC(C4CCNCC4)N3C)C2)C1. The van der Waals surface area contributed by atoms with Gasteiger partial charge in [-0.1, -0.05) is 12.8 Å². The third-order valence-electron chi connectivity index (χ3n) is 8.88. The summed E-state index contributed by atoms with van der Waals surface area (Å²) in [5.74, 6) is 1.63. The summed E-state index contributed by atoms with van der Waals surface area (Å²) in [6.07, 6.45) is 12.4. The fraction of sp³-hybridized carbons (Fsp3) is 0.960. The van der Waals surface area contributed by atoms with Crippen LogP contribution < -0.4 is 26.8 Å². The first-order valence-corrected chi connectivity index (χ1v) is 13.6. The Kier molecular flexibility index (Phi) is 9.42. The molecule has 1 amide bonds. The molecule has 2 saturated carbocycles. The molecule has 4 aliphatic rings. The average Bonchev–Trinajstić information content (AvgIpc) is 3.23. The van der Waals surface area contributed by atoms with E-state index in [1.807, 2.05) is 7.11 Å². The van der Waals surface area contributed by atoms with Gasteiger partial charge in [-0.25, -0.2) is 10.9 Å². The van der Waals surface area contributed by atoms with E-state index in [-0.39, 0.29) is 17.9 Å². The topological polar surface area (TPSA) is 89.7 Å². The Bertz CT molecular complexity index is 616. The normalized spacial score (nSPS) is 37.7. The molecular weight excluding hydrogens is 416 g/mol. The van der Waals surface area contributed by atoms with E-state index in [0.717, 1.165) is 51.7 Å². The minimum absolute atomic E-state index is 0.135. The van der Waals surface area contributed by atoms with Crippen LogP contribution in [0, 0.1) is 17.8 Å². The monoisotopic (exact) mass is 464 g/mol. The summed E-state index contributed by atoms with van der Waals surface area (Å²) in [6.45, 7) is 5.34. The number of piperidine rings is 1. The zero-order chi connectivity index (χ0) is 23.2. The van der Waals surface area contributed by atoms with Crippen molar-refractivity contribution in [2.24, 2.45) is 17.8 Å². The zero-order valence-corrected chi connectivity index (χ0v) is 21.1. The van der Waals surface area contributed by atoms with Crippen LogP contribution in [0.4, 0.5) is 0 Å². The van der Waals surface area contributed by atoms with E-state index in [1.54, 1.807) is 0 Å². The molecule has 0 bridgehead atoms. The summed E-state index contributed by atoms with van der Waals surface area (Å²) in [6, 6.07) is 0.656. The molecule has 4 fully saturated rings. The third kappa shape index (κ3) is 6.67. The van der Waals surface area contributed by atoms with E-state index in [1.165, 1.54) is 32.1 Å². The number of methoxy groups -OCH3 is 1. The molecule has 0 aromatic heterocycles. The summed E-state index contributed by atoms with van der Waals surface area (Å²) >= 11 is 0. The number of likely N-dealkylation sites (N-methyl/N-ethyl adjacent to an activating group) is 1. The van der Waals surface area contributed by atoms with E-state index in [4.69, 9.17) is 4.74 Å². The van der Waals surface area contributed by atoms with Crippen molar-refractivity contribution in [1.82, 2.24) is 31.7 Å². The van der Waals surface area contributed by atoms with Gasteiger partial charge in [-0.3, -0.25) is 9.69 Å². The van der Waals surface area contributed by atoms with Gasteiger partial charge in [-0.05, 0) is 90.3 Å². The second-order valence-electron chi connectivity index (χ2n) is 11.1. The molecule has 0 spiro atoms. The number of hydrogen-bond donors (Lipinski definition) is 5. The van der Waals surface area contributed by atoms with Crippen LogP contribution in [0.25, 0.3) is 0 Å². The molecule has 0 radical (unpaired) electrons. The highest BCUT2D eigenvalue weighted by Gasteiger charge is 2.36. The number of nitrogens with one attached hydrogen (secondary N) is 5. The van der Waals surface area contributed by atoms with Crippen LogP contribution in [-0.2, 0) is 9.53 Å². The smallest absolute Gasteiger partial charge is 0.223 e. The fourth-order valence-electron chi connectivity index (χ4n) is 6.59. The highest BCUT2D eigenvalue weighted by molar-refractivity contribution is 5.79. The maximum Gasteiger partial charge on any atom is 0.223 e.